The van der Waals surface area contributed by atoms with E-state index in [0.29, 0.717) is 31.0 Å². The molecule has 0 radical (unpaired) electrons. The van der Waals surface area contributed by atoms with Gasteiger partial charge in [-0.15, -0.1) is 0 Å². The zero-order chi connectivity index (χ0) is 29.4. The Bertz CT molecular complexity index is 1480. The molecule has 1 unspecified atom stereocenters. The maximum atomic E-state index is 13.1. The highest BCUT2D eigenvalue weighted by Crippen LogP contribution is 2.35. The predicted molar refractivity (Wildman–Crippen MR) is 170 cm³/mol. The van der Waals surface area contributed by atoms with Crippen molar-refractivity contribution in [2.45, 2.75) is 32.0 Å². The van der Waals surface area contributed by atoms with Gasteiger partial charge in [0, 0.05) is 70.0 Å². The van der Waals surface area contributed by atoms with Gasteiger partial charge in [-0.1, -0.05) is 66.7 Å². The second-order valence-electron chi connectivity index (χ2n) is 11.6. The van der Waals surface area contributed by atoms with Crippen LogP contribution in [0.25, 0.3) is 11.1 Å². The van der Waals surface area contributed by atoms with Crippen LogP contribution in [0.1, 0.15) is 46.1 Å². The van der Waals surface area contributed by atoms with Crippen molar-refractivity contribution >= 4 is 5.91 Å². The number of imidazole rings is 1. The zero-order valence-corrected chi connectivity index (χ0v) is 25.0. The lowest BCUT2D eigenvalue weighted by Crippen LogP contribution is -2.45. The van der Waals surface area contributed by atoms with Crippen molar-refractivity contribution in [1.82, 2.24) is 30.0 Å². The fourth-order valence-electron chi connectivity index (χ4n) is 5.98. The number of piperazine rings is 1. The van der Waals surface area contributed by atoms with E-state index >= 15 is 0 Å². The first-order valence-electron chi connectivity index (χ1n) is 15.5. The molecule has 0 saturated carbocycles. The molecule has 2 N–H and O–H groups in total. The average Bonchev–Trinajstić information content (AvgIpc) is 3.50. The summed E-state index contributed by atoms with van der Waals surface area (Å²) in [5, 5.41) is 6.84. The van der Waals surface area contributed by atoms with Crippen LogP contribution in [0.3, 0.4) is 0 Å². The second kappa shape index (κ2) is 14.0. The molecule has 1 amide bonds. The van der Waals surface area contributed by atoms with Crippen LogP contribution in [-0.4, -0.2) is 78.2 Å². The Morgan fingerprint density at radius 2 is 1.74 bits per heavy atom. The van der Waals surface area contributed by atoms with Gasteiger partial charge in [-0.3, -0.25) is 4.79 Å². The summed E-state index contributed by atoms with van der Waals surface area (Å²) >= 11 is 0. The third-order valence-electron chi connectivity index (χ3n) is 8.59. The van der Waals surface area contributed by atoms with Gasteiger partial charge in [0.1, 0.15) is 5.75 Å². The van der Waals surface area contributed by atoms with E-state index in [2.05, 4.69) is 91.6 Å². The molecule has 6 rings (SSSR count). The number of rotatable bonds is 11. The lowest BCUT2D eigenvalue weighted by Gasteiger charge is -2.32. The molecule has 1 saturated heterocycles. The number of para-hydroxylation sites is 1. The molecule has 1 atom stereocenters. The van der Waals surface area contributed by atoms with Crippen molar-refractivity contribution in [3.63, 3.8) is 0 Å². The Balaban J connectivity index is 1.04. The molecule has 2 aliphatic heterocycles. The molecule has 2 aliphatic rings. The van der Waals surface area contributed by atoms with Crippen molar-refractivity contribution in [2.75, 3.05) is 52.9 Å². The first-order chi connectivity index (χ1) is 21.1. The second-order valence-corrected chi connectivity index (χ2v) is 11.6. The van der Waals surface area contributed by atoms with Crippen LogP contribution in [-0.2, 0) is 13.1 Å². The molecule has 0 bridgehead atoms. The minimum absolute atomic E-state index is 0.0627. The van der Waals surface area contributed by atoms with E-state index in [9.17, 15) is 4.79 Å². The lowest BCUT2D eigenvalue weighted by molar-refractivity contribution is 0.0943. The summed E-state index contributed by atoms with van der Waals surface area (Å²) < 4.78 is 8.26. The van der Waals surface area contributed by atoms with E-state index in [4.69, 9.17) is 4.74 Å². The number of nitrogens with zero attached hydrogens (tertiary/aromatic N) is 4. The summed E-state index contributed by atoms with van der Waals surface area (Å²) in [6, 6.07) is 25.2. The Morgan fingerprint density at radius 3 is 2.56 bits per heavy atom. The third kappa shape index (κ3) is 7.33. The van der Waals surface area contributed by atoms with Crippen molar-refractivity contribution in [1.29, 1.82) is 0 Å². The van der Waals surface area contributed by atoms with Gasteiger partial charge in [0.2, 0.25) is 0 Å². The van der Waals surface area contributed by atoms with Crippen LogP contribution in [0.2, 0.25) is 0 Å². The zero-order valence-electron chi connectivity index (χ0n) is 25.0. The molecule has 224 valence electrons. The van der Waals surface area contributed by atoms with E-state index < -0.39 is 0 Å². The highest BCUT2D eigenvalue weighted by atomic mass is 16.5. The highest BCUT2D eigenvalue weighted by Gasteiger charge is 2.26. The van der Waals surface area contributed by atoms with Gasteiger partial charge in [-0.05, 0) is 42.8 Å². The van der Waals surface area contributed by atoms with E-state index in [0.717, 1.165) is 63.4 Å². The fourth-order valence-corrected chi connectivity index (χ4v) is 5.98. The Morgan fingerprint density at radius 1 is 0.953 bits per heavy atom. The summed E-state index contributed by atoms with van der Waals surface area (Å²) in [7, 11) is 2.17. The van der Waals surface area contributed by atoms with Crippen LogP contribution in [0, 0.1) is 0 Å². The smallest absolute Gasteiger partial charge is 0.255 e. The van der Waals surface area contributed by atoms with Crippen LogP contribution < -0.4 is 15.4 Å². The maximum absolute atomic E-state index is 13.1. The normalized spacial score (nSPS) is 17.3. The number of hydrogen-bond acceptors (Lipinski definition) is 6. The van der Waals surface area contributed by atoms with Gasteiger partial charge in [-0.25, -0.2) is 4.98 Å². The molecule has 43 heavy (non-hydrogen) atoms. The number of nitrogens with one attached hydrogen (secondary N) is 2. The topological polar surface area (TPSA) is 74.7 Å². The summed E-state index contributed by atoms with van der Waals surface area (Å²) in [5.74, 6) is 0.641. The van der Waals surface area contributed by atoms with E-state index in [1.54, 1.807) is 0 Å². The minimum atomic E-state index is -0.0627. The fraction of sp³-hybridized carbons (Fsp3) is 0.371. The Hall–Kier alpha value is -3.98. The molecule has 1 aromatic heterocycles. The van der Waals surface area contributed by atoms with Gasteiger partial charge in [0.05, 0.1) is 24.2 Å². The molecule has 0 aliphatic carbocycles. The van der Waals surface area contributed by atoms with E-state index in [1.807, 2.05) is 30.7 Å². The number of carbonyl (C=O) groups is 1. The van der Waals surface area contributed by atoms with Crippen LogP contribution >= 0.6 is 0 Å². The molecule has 4 aromatic rings. The SMILES string of the molecule is CN1CCN(CCCNC(=O)c2cccc3c2OCCC3NCc2cncn2Cc2ccc(-c3ccccc3)cc2)CC1. The van der Waals surface area contributed by atoms with Crippen molar-refractivity contribution < 1.29 is 9.53 Å². The van der Waals surface area contributed by atoms with E-state index in [-0.39, 0.29) is 11.9 Å². The van der Waals surface area contributed by atoms with Gasteiger partial charge >= 0.3 is 0 Å². The summed E-state index contributed by atoms with van der Waals surface area (Å²) in [6.45, 7) is 8.11. The van der Waals surface area contributed by atoms with E-state index in [1.165, 1.54) is 16.7 Å². The number of fused-ring (bicyclic) bond motifs is 1. The van der Waals surface area contributed by atoms with Crippen molar-refractivity contribution in [3.05, 3.63) is 108 Å². The largest absolute Gasteiger partial charge is 0.492 e. The Kier molecular flexibility index (Phi) is 9.47. The molecular formula is C35H42N6O2. The van der Waals surface area contributed by atoms with Gasteiger partial charge in [-0.2, -0.15) is 0 Å². The van der Waals surface area contributed by atoms with Crippen LogP contribution in [0.5, 0.6) is 5.75 Å². The number of ether oxygens (including phenoxy) is 1. The van der Waals surface area contributed by atoms with Gasteiger partial charge in [0.15, 0.2) is 0 Å². The van der Waals surface area contributed by atoms with Crippen molar-refractivity contribution in [3.8, 4) is 16.9 Å². The standard InChI is InChI=1S/C35H42N6O2/c1-39-18-20-40(21-19-39)17-6-16-37-35(42)32-10-5-9-31-33(15-22-43-34(31)32)38-24-30-23-36-26-41(30)25-27-11-13-29(14-12-27)28-7-3-2-4-8-28/h2-5,7-14,23,26,33,38H,6,15-22,24-25H2,1H3,(H,37,42). The molecule has 1 fully saturated rings. The number of likely N-dealkylation sites (N-methyl/N-ethyl adjacent to an activating group) is 1. The number of hydrogen-bond donors (Lipinski definition) is 2. The molecule has 8 nitrogen and oxygen atoms in total. The van der Waals surface area contributed by atoms with Crippen LogP contribution in [0.15, 0.2) is 85.3 Å². The molecule has 8 heteroatoms. The first-order valence-corrected chi connectivity index (χ1v) is 15.5. The third-order valence-corrected chi connectivity index (χ3v) is 8.59. The number of aromatic nitrogens is 2. The first kappa shape index (κ1) is 29.1. The Labute approximate surface area is 254 Å². The summed E-state index contributed by atoms with van der Waals surface area (Å²) in [5.41, 5.74) is 6.45. The highest BCUT2D eigenvalue weighted by molar-refractivity contribution is 5.97. The maximum Gasteiger partial charge on any atom is 0.255 e. The quantitative estimate of drug-likeness (QED) is 0.254. The summed E-state index contributed by atoms with van der Waals surface area (Å²) in [4.78, 5) is 22.4. The van der Waals surface area contributed by atoms with Gasteiger partial charge in [0.25, 0.3) is 5.91 Å². The monoisotopic (exact) mass is 578 g/mol. The number of benzene rings is 3. The van der Waals surface area contributed by atoms with Crippen molar-refractivity contribution in [2.24, 2.45) is 0 Å². The molecule has 3 aromatic carbocycles. The van der Waals surface area contributed by atoms with Gasteiger partial charge < -0.3 is 29.7 Å². The lowest BCUT2D eigenvalue weighted by atomic mass is 9.97. The molecule has 0 spiro atoms. The molecular weight excluding hydrogens is 536 g/mol. The minimum Gasteiger partial charge on any atom is -0.492 e. The summed E-state index contributed by atoms with van der Waals surface area (Å²) in [6.07, 6.45) is 5.61. The number of carbonyl (C=O) groups excluding carboxylic acids is 1. The predicted octanol–water partition coefficient (Wildman–Crippen LogP) is 4.58. The average molecular weight is 579 g/mol. The van der Waals surface area contributed by atoms with Crippen LogP contribution in [0.4, 0.5) is 0 Å². The number of amides is 1. The molecule has 3 heterocycles.